The SMILES string of the molecule is CCCNC(C)C(C)Cc1ncnn1CC(C)C. The summed E-state index contributed by atoms with van der Waals surface area (Å²) in [4.78, 5) is 4.40. The maximum absolute atomic E-state index is 4.40. The Balaban J connectivity index is 2.53. The first-order valence-electron chi connectivity index (χ1n) is 7.14. The molecule has 0 saturated carbocycles. The van der Waals surface area contributed by atoms with Crippen molar-refractivity contribution in [2.45, 2.75) is 60.0 Å². The van der Waals surface area contributed by atoms with Gasteiger partial charge in [0.1, 0.15) is 12.2 Å². The molecule has 4 heteroatoms. The van der Waals surface area contributed by atoms with Crippen LogP contribution in [0.5, 0.6) is 0 Å². The van der Waals surface area contributed by atoms with Gasteiger partial charge in [0.05, 0.1) is 0 Å². The third-order valence-electron chi connectivity index (χ3n) is 3.31. The summed E-state index contributed by atoms with van der Waals surface area (Å²) in [5, 5.41) is 7.86. The lowest BCUT2D eigenvalue weighted by atomic mass is 9.99. The van der Waals surface area contributed by atoms with Crippen molar-refractivity contribution in [1.29, 1.82) is 0 Å². The Kier molecular flexibility index (Phi) is 6.33. The Hall–Kier alpha value is -0.900. The van der Waals surface area contributed by atoms with E-state index in [1.165, 1.54) is 6.42 Å². The average molecular weight is 252 g/mol. The van der Waals surface area contributed by atoms with E-state index in [2.05, 4.69) is 50.0 Å². The summed E-state index contributed by atoms with van der Waals surface area (Å²) in [5.74, 6) is 2.30. The molecule has 2 unspecified atom stereocenters. The molecule has 0 amide bonds. The summed E-state index contributed by atoms with van der Waals surface area (Å²) in [6.07, 6.45) is 3.85. The van der Waals surface area contributed by atoms with Gasteiger partial charge in [-0.3, -0.25) is 0 Å². The van der Waals surface area contributed by atoms with Crippen LogP contribution < -0.4 is 5.32 Å². The quantitative estimate of drug-likeness (QED) is 0.773. The normalized spacial score (nSPS) is 15.0. The molecule has 0 radical (unpaired) electrons. The lowest BCUT2D eigenvalue weighted by molar-refractivity contribution is 0.378. The maximum Gasteiger partial charge on any atom is 0.138 e. The molecule has 1 N–H and O–H groups in total. The van der Waals surface area contributed by atoms with Crippen LogP contribution in [0.1, 0.15) is 46.9 Å². The first-order chi connectivity index (χ1) is 8.54. The van der Waals surface area contributed by atoms with Gasteiger partial charge < -0.3 is 5.32 Å². The number of hydrogen-bond donors (Lipinski definition) is 1. The van der Waals surface area contributed by atoms with Crippen molar-refractivity contribution in [3.8, 4) is 0 Å². The van der Waals surface area contributed by atoms with Crippen molar-refractivity contribution in [2.75, 3.05) is 6.54 Å². The zero-order valence-corrected chi connectivity index (χ0v) is 12.5. The largest absolute Gasteiger partial charge is 0.314 e. The second-order valence-electron chi connectivity index (χ2n) is 5.68. The van der Waals surface area contributed by atoms with Crippen molar-refractivity contribution in [2.24, 2.45) is 11.8 Å². The molecule has 0 bridgehead atoms. The van der Waals surface area contributed by atoms with Crippen LogP contribution in [-0.4, -0.2) is 27.4 Å². The number of hydrogen-bond acceptors (Lipinski definition) is 3. The molecule has 0 aliphatic heterocycles. The molecular weight excluding hydrogens is 224 g/mol. The van der Waals surface area contributed by atoms with E-state index in [0.29, 0.717) is 17.9 Å². The highest BCUT2D eigenvalue weighted by molar-refractivity contribution is 4.89. The molecule has 0 saturated heterocycles. The molecule has 1 aromatic rings. The standard InChI is InChI=1S/C14H28N4/c1-6-7-15-13(5)12(4)8-14-16-10-17-18(14)9-11(2)3/h10-13,15H,6-9H2,1-5H3. The number of nitrogens with one attached hydrogen (secondary N) is 1. The van der Waals surface area contributed by atoms with E-state index in [-0.39, 0.29) is 0 Å². The van der Waals surface area contributed by atoms with Gasteiger partial charge >= 0.3 is 0 Å². The van der Waals surface area contributed by atoms with E-state index in [9.17, 15) is 0 Å². The Labute approximate surface area is 111 Å². The highest BCUT2D eigenvalue weighted by atomic mass is 15.3. The van der Waals surface area contributed by atoms with Crippen molar-refractivity contribution in [1.82, 2.24) is 20.1 Å². The van der Waals surface area contributed by atoms with Gasteiger partial charge in [0.25, 0.3) is 0 Å². The van der Waals surface area contributed by atoms with Crippen molar-refractivity contribution in [3.63, 3.8) is 0 Å². The minimum atomic E-state index is 0.522. The monoisotopic (exact) mass is 252 g/mol. The lowest BCUT2D eigenvalue weighted by Crippen LogP contribution is -2.34. The molecule has 18 heavy (non-hydrogen) atoms. The third kappa shape index (κ3) is 4.77. The topological polar surface area (TPSA) is 42.7 Å². The molecule has 1 aromatic heterocycles. The van der Waals surface area contributed by atoms with Gasteiger partial charge in [-0.15, -0.1) is 0 Å². The second kappa shape index (κ2) is 7.52. The third-order valence-corrected chi connectivity index (χ3v) is 3.31. The summed E-state index contributed by atoms with van der Waals surface area (Å²) < 4.78 is 2.05. The highest BCUT2D eigenvalue weighted by Crippen LogP contribution is 2.11. The van der Waals surface area contributed by atoms with Gasteiger partial charge in [-0.2, -0.15) is 5.10 Å². The van der Waals surface area contributed by atoms with E-state index < -0.39 is 0 Å². The molecule has 2 atom stereocenters. The van der Waals surface area contributed by atoms with E-state index >= 15 is 0 Å². The molecular formula is C14H28N4. The summed E-state index contributed by atoms with van der Waals surface area (Å²) >= 11 is 0. The first kappa shape index (κ1) is 15.2. The van der Waals surface area contributed by atoms with E-state index in [1.807, 2.05) is 4.68 Å². The summed E-state index contributed by atoms with van der Waals surface area (Å²) in [6.45, 7) is 13.2. The molecule has 4 nitrogen and oxygen atoms in total. The van der Waals surface area contributed by atoms with Crippen LogP contribution in [0.15, 0.2) is 6.33 Å². The fraction of sp³-hybridized carbons (Fsp3) is 0.857. The Morgan fingerprint density at radius 2 is 2.00 bits per heavy atom. The van der Waals surface area contributed by atoms with Crippen LogP contribution in [0.3, 0.4) is 0 Å². The zero-order chi connectivity index (χ0) is 13.5. The molecule has 1 heterocycles. The maximum atomic E-state index is 4.40. The van der Waals surface area contributed by atoms with E-state index in [0.717, 1.165) is 25.3 Å². The fourth-order valence-corrected chi connectivity index (χ4v) is 1.98. The predicted molar refractivity (Wildman–Crippen MR) is 75.5 cm³/mol. The van der Waals surface area contributed by atoms with Gasteiger partial charge in [-0.1, -0.05) is 27.7 Å². The second-order valence-corrected chi connectivity index (χ2v) is 5.68. The lowest BCUT2D eigenvalue weighted by Gasteiger charge is -2.21. The fourth-order valence-electron chi connectivity index (χ4n) is 1.98. The van der Waals surface area contributed by atoms with Gasteiger partial charge in [-0.25, -0.2) is 9.67 Å². The number of aromatic nitrogens is 3. The predicted octanol–water partition coefficient (Wildman–Crippen LogP) is 2.50. The van der Waals surface area contributed by atoms with Crippen LogP contribution in [0.4, 0.5) is 0 Å². The van der Waals surface area contributed by atoms with Crippen LogP contribution >= 0.6 is 0 Å². The molecule has 0 aliphatic rings. The van der Waals surface area contributed by atoms with Crippen LogP contribution in [0.2, 0.25) is 0 Å². The van der Waals surface area contributed by atoms with Gasteiger partial charge in [0.2, 0.25) is 0 Å². The smallest absolute Gasteiger partial charge is 0.138 e. The minimum absolute atomic E-state index is 0.522. The van der Waals surface area contributed by atoms with Gasteiger partial charge in [0.15, 0.2) is 0 Å². The van der Waals surface area contributed by atoms with Gasteiger partial charge in [-0.05, 0) is 31.7 Å². The van der Waals surface area contributed by atoms with E-state index in [4.69, 9.17) is 0 Å². The molecule has 1 rings (SSSR count). The minimum Gasteiger partial charge on any atom is -0.314 e. The van der Waals surface area contributed by atoms with E-state index in [1.54, 1.807) is 6.33 Å². The molecule has 104 valence electrons. The van der Waals surface area contributed by atoms with Crippen molar-refractivity contribution >= 4 is 0 Å². The molecule has 0 spiro atoms. The average Bonchev–Trinajstić information content (AvgIpc) is 2.72. The zero-order valence-electron chi connectivity index (χ0n) is 12.5. The Morgan fingerprint density at radius 1 is 1.28 bits per heavy atom. The summed E-state index contributed by atoms with van der Waals surface area (Å²) in [6, 6.07) is 0.522. The van der Waals surface area contributed by atoms with Gasteiger partial charge in [0, 0.05) is 19.0 Å². The Morgan fingerprint density at radius 3 is 2.61 bits per heavy atom. The van der Waals surface area contributed by atoms with Crippen molar-refractivity contribution in [3.05, 3.63) is 12.2 Å². The van der Waals surface area contributed by atoms with Crippen LogP contribution in [-0.2, 0) is 13.0 Å². The Bertz CT molecular complexity index is 332. The summed E-state index contributed by atoms with van der Waals surface area (Å²) in [5.41, 5.74) is 0. The van der Waals surface area contributed by atoms with Crippen LogP contribution in [0, 0.1) is 11.8 Å². The molecule has 0 aromatic carbocycles. The van der Waals surface area contributed by atoms with Crippen LogP contribution in [0.25, 0.3) is 0 Å². The number of rotatable bonds is 8. The summed E-state index contributed by atoms with van der Waals surface area (Å²) in [7, 11) is 0. The highest BCUT2D eigenvalue weighted by Gasteiger charge is 2.15. The molecule has 0 fully saturated rings. The molecule has 0 aliphatic carbocycles. The van der Waals surface area contributed by atoms with Crippen molar-refractivity contribution < 1.29 is 0 Å². The first-order valence-corrected chi connectivity index (χ1v) is 7.14. The number of nitrogens with zero attached hydrogens (tertiary/aromatic N) is 3.